The Kier molecular flexibility index (Phi) is 3.48. The van der Waals surface area contributed by atoms with Gasteiger partial charge in [-0.3, -0.25) is 0 Å². The van der Waals surface area contributed by atoms with Crippen LogP contribution in [0.25, 0.3) is 21.8 Å². The number of rotatable bonds is 3. The van der Waals surface area contributed by atoms with E-state index in [0.717, 1.165) is 28.2 Å². The number of hydrogen-bond acceptors (Lipinski definition) is 4. The van der Waals surface area contributed by atoms with Crippen molar-refractivity contribution in [1.82, 2.24) is 9.97 Å². The van der Waals surface area contributed by atoms with Crippen LogP contribution in [0.1, 0.15) is 12.5 Å². The van der Waals surface area contributed by atoms with E-state index in [0.29, 0.717) is 5.82 Å². The van der Waals surface area contributed by atoms with Crippen molar-refractivity contribution in [3.63, 3.8) is 0 Å². The molecular formula is C16H15N3S. The number of benzene rings is 1. The lowest BCUT2D eigenvalue weighted by atomic mass is 10.1. The molecule has 0 amide bonds. The molecule has 0 aliphatic heterocycles. The molecule has 3 rings (SSSR count). The summed E-state index contributed by atoms with van der Waals surface area (Å²) in [6.07, 6.45) is 2.74. The highest BCUT2D eigenvalue weighted by atomic mass is 32.1. The van der Waals surface area contributed by atoms with Gasteiger partial charge in [0.2, 0.25) is 0 Å². The van der Waals surface area contributed by atoms with Crippen LogP contribution in [0.5, 0.6) is 0 Å². The van der Waals surface area contributed by atoms with Crippen molar-refractivity contribution >= 4 is 17.2 Å². The van der Waals surface area contributed by atoms with Crippen molar-refractivity contribution < 1.29 is 0 Å². The molecule has 0 atom stereocenters. The zero-order valence-electron chi connectivity index (χ0n) is 11.2. The number of hydrogen-bond donors (Lipinski definition) is 1. The molecule has 0 aliphatic carbocycles. The second-order valence-electron chi connectivity index (χ2n) is 4.52. The van der Waals surface area contributed by atoms with E-state index in [4.69, 9.17) is 5.73 Å². The number of anilines is 1. The van der Waals surface area contributed by atoms with Gasteiger partial charge in [-0.05, 0) is 24.1 Å². The molecule has 20 heavy (non-hydrogen) atoms. The third kappa shape index (κ3) is 2.42. The van der Waals surface area contributed by atoms with Crippen LogP contribution < -0.4 is 5.73 Å². The molecule has 100 valence electrons. The Balaban J connectivity index is 1.95. The summed E-state index contributed by atoms with van der Waals surface area (Å²) in [5.74, 6) is 0.523. The SMILES string of the molecule is CCc1ccc(-c2csc(-c3cccnc3N)n2)cc1. The van der Waals surface area contributed by atoms with E-state index in [-0.39, 0.29) is 0 Å². The van der Waals surface area contributed by atoms with Gasteiger partial charge in [0.15, 0.2) is 0 Å². The topological polar surface area (TPSA) is 51.8 Å². The average Bonchev–Trinajstić information content (AvgIpc) is 2.97. The maximum Gasteiger partial charge on any atom is 0.133 e. The summed E-state index contributed by atoms with van der Waals surface area (Å²) in [5, 5.41) is 2.97. The third-order valence-electron chi connectivity index (χ3n) is 3.23. The molecular weight excluding hydrogens is 266 g/mol. The molecule has 1 aromatic carbocycles. The average molecular weight is 281 g/mol. The number of nitrogens with two attached hydrogens (primary N) is 1. The Labute approximate surface area is 122 Å². The molecule has 0 fully saturated rings. The Morgan fingerprint density at radius 3 is 2.65 bits per heavy atom. The van der Waals surface area contributed by atoms with Gasteiger partial charge in [0.05, 0.1) is 11.3 Å². The maximum atomic E-state index is 5.89. The predicted molar refractivity (Wildman–Crippen MR) is 84.6 cm³/mol. The van der Waals surface area contributed by atoms with Crippen LogP contribution in [0, 0.1) is 0 Å². The number of aromatic nitrogens is 2. The van der Waals surface area contributed by atoms with Crippen molar-refractivity contribution in [2.75, 3.05) is 5.73 Å². The molecule has 2 heterocycles. The van der Waals surface area contributed by atoms with E-state index in [1.807, 2.05) is 12.1 Å². The highest BCUT2D eigenvalue weighted by molar-refractivity contribution is 7.13. The largest absolute Gasteiger partial charge is 0.383 e. The van der Waals surface area contributed by atoms with Gasteiger partial charge < -0.3 is 5.73 Å². The van der Waals surface area contributed by atoms with Gasteiger partial charge in [0.1, 0.15) is 10.8 Å². The first kappa shape index (κ1) is 12.8. The standard InChI is InChI=1S/C16H15N3S/c1-2-11-5-7-12(8-6-11)14-10-20-16(19-14)13-4-3-9-18-15(13)17/h3-10H,2H2,1H3,(H2,17,18). The van der Waals surface area contributed by atoms with Crippen LogP contribution in [-0.2, 0) is 6.42 Å². The van der Waals surface area contributed by atoms with Crippen LogP contribution in [0.3, 0.4) is 0 Å². The molecule has 0 spiro atoms. The monoisotopic (exact) mass is 281 g/mol. The summed E-state index contributed by atoms with van der Waals surface area (Å²) < 4.78 is 0. The van der Waals surface area contributed by atoms with Gasteiger partial charge in [-0.2, -0.15) is 0 Å². The second-order valence-corrected chi connectivity index (χ2v) is 5.38. The van der Waals surface area contributed by atoms with Crippen molar-refractivity contribution in [2.24, 2.45) is 0 Å². The van der Waals surface area contributed by atoms with E-state index in [1.165, 1.54) is 5.56 Å². The van der Waals surface area contributed by atoms with Crippen LogP contribution in [0.15, 0.2) is 48.0 Å². The Morgan fingerprint density at radius 2 is 1.95 bits per heavy atom. The van der Waals surface area contributed by atoms with Crippen molar-refractivity contribution in [2.45, 2.75) is 13.3 Å². The fraction of sp³-hybridized carbons (Fsp3) is 0.125. The van der Waals surface area contributed by atoms with Gasteiger partial charge in [-0.15, -0.1) is 11.3 Å². The van der Waals surface area contributed by atoms with Crippen LogP contribution >= 0.6 is 11.3 Å². The number of thiazole rings is 1. The fourth-order valence-electron chi connectivity index (χ4n) is 2.04. The molecule has 3 aromatic rings. The second kappa shape index (κ2) is 5.43. The molecule has 0 saturated carbocycles. The summed E-state index contributed by atoms with van der Waals surface area (Å²) in [7, 11) is 0. The number of nitrogens with zero attached hydrogens (tertiary/aromatic N) is 2. The highest BCUT2D eigenvalue weighted by Gasteiger charge is 2.09. The lowest BCUT2D eigenvalue weighted by molar-refractivity contribution is 1.14. The maximum absolute atomic E-state index is 5.89. The van der Waals surface area contributed by atoms with Gasteiger partial charge in [-0.1, -0.05) is 31.2 Å². The molecule has 0 aliphatic rings. The Bertz CT molecular complexity index is 717. The Hall–Kier alpha value is -2.20. The quantitative estimate of drug-likeness (QED) is 0.789. The lowest BCUT2D eigenvalue weighted by Gasteiger charge is -2.00. The number of nitrogen functional groups attached to an aromatic ring is 1. The minimum Gasteiger partial charge on any atom is -0.383 e. The number of aryl methyl sites for hydroxylation is 1. The van der Waals surface area contributed by atoms with Gasteiger partial charge in [0, 0.05) is 17.1 Å². The van der Waals surface area contributed by atoms with E-state index in [9.17, 15) is 0 Å². The van der Waals surface area contributed by atoms with Crippen LogP contribution in [0.2, 0.25) is 0 Å². The summed E-state index contributed by atoms with van der Waals surface area (Å²) in [4.78, 5) is 8.77. The van der Waals surface area contributed by atoms with Crippen LogP contribution in [0.4, 0.5) is 5.82 Å². The first-order valence-electron chi connectivity index (χ1n) is 6.53. The normalized spacial score (nSPS) is 10.7. The van der Waals surface area contributed by atoms with Gasteiger partial charge >= 0.3 is 0 Å². The van der Waals surface area contributed by atoms with Crippen molar-refractivity contribution in [3.8, 4) is 21.8 Å². The molecule has 0 bridgehead atoms. The third-order valence-corrected chi connectivity index (χ3v) is 4.11. The molecule has 0 radical (unpaired) electrons. The summed E-state index contributed by atoms with van der Waals surface area (Å²) >= 11 is 1.59. The minimum absolute atomic E-state index is 0.523. The van der Waals surface area contributed by atoms with Gasteiger partial charge in [0.25, 0.3) is 0 Å². The zero-order chi connectivity index (χ0) is 13.9. The minimum atomic E-state index is 0.523. The summed E-state index contributed by atoms with van der Waals surface area (Å²) in [6.45, 7) is 2.15. The van der Waals surface area contributed by atoms with E-state index in [2.05, 4.69) is 46.5 Å². The molecule has 2 aromatic heterocycles. The van der Waals surface area contributed by atoms with Gasteiger partial charge in [-0.25, -0.2) is 9.97 Å². The fourth-order valence-corrected chi connectivity index (χ4v) is 2.90. The summed E-state index contributed by atoms with van der Waals surface area (Å²) in [6, 6.07) is 12.3. The number of pyridine rings is 1. The first-order chi connectivity index (χ1) is 9.78. The zero-order valence-corrected chi connectivity index (χ0v) is 12.0. The first-order valence-corrected chi connectivity index (χ1v) is 7.41. The lowest BCUT2D eigenvalue weighted by Crippen LogP contribution is -1.92. The highest BCUT2D eigenvalue weighted by Crippen LogP contribution is 2.31. The predicted octanol–water partition coefficient (Wildman–Crippen LogP) is 4.02. The molecule has 0 unspecified atom stereocenters. The Morgan fingerprint density at radius 1 is 1.15 bits per heavy atom. The molecule has 2 N–H and O–H groups in total. The van der Waals surface area contributed by atoms with E-state index < -0.39 is 0 Å². The van der Waals surface area contributed by atoms with E-state index >= 15 is 0 Å². The van der Waals surface area contributed by atoms with Crippen molar-refractivity contribution in [1.29, 1.82) is 0 Å². The molecule has 4 heteroatoms. The van der Waals surface area contributed by atoms with Crippen LogP contribution in [-0.4, -0.2) is 9.97 Å². The molecule has 0 saturated heterocycles. The summed E-state index contributed by atoms with van der Waals surface area (Å²) in [5.41, 5.74) is 10.2. The van der Waals surface area contributed by atoms with Crippen molar-refractivity contribution in [3.05, 3.63) is 53.5 Å². The van der Waals surface area contributed by atoms with E-state index in [1.54, 1.807) is 17.5 Å². The smallest absolute Gasteiger partial charge is 0.133 e. The molecule has 3 nitrogen and oxygen atoms in total.